The van der Waals surface area contributed by atoms with Crippen LogP contribution in [0.3, 0.4) is 0 Å². The molecule has 0 bridgehead atoms. The summed E-state index contributed by atoms with van der Waals surface area (Å²) >= 11 is 0. The van der Waals surface area contributed by atoms with Gasteiger partial charge in [-0.2, -0.15) is 0 Å². The molecule has 1 aromatic carbocycles. The van der Waals surface area contributed by atoms with Gasteiger partial charge in [0.1, 0.15) is 29.5 Å². The second-order valence-corrected chi connectivity index (χ2v) is 5.82. The maximum atomic E-state index is 12.1. The van der Waals surface area contributed by atoms with Crippen LogP contribution in [0.1, 0.15) is 19.3 Å². The van der Waals surface area contributed by atoms with Crippen LogP contribution in [0.15, 0.2) is 36.7 Å². The fourth-order valence-corrected chi connectivity index (χ4v) is 2.71. The predicted molar refractivity (Wildman–Crippen MR) is 95.2 cm³/mol. The molecule has 1 aliphatic rings. The van der Waals surface area contributed by atoms with Crippen LogP contribution in [-0.2, 0) is 4.79 Å². The summed E-state index contributed by atoms with van der Waals surface area (Å²) in [6.45, 7) is 1.89. The normalized spacial score (nSPS) is 14.0. The minimum Gasteiger partial charge on any atom is -0.497 e. The van der Waals surface area contributed by atoms with Crippen molar-refractivity contribution in [2.75, 3.05) is 37.0 Å². The Kier molecular flexibility index (Phi) is 5.66. The highest BCUT2D eigenvalue weighted by Crippen LogP contribution is 2.19. The number of methoxy groups -OCH3 is 1. The predicted octanol–water partition coefficient (Wildman–Crippen LogP) is 2.49. The molecule has 25 heavy (non-hydrogen) atoms. The molecular formula is C18H22N4O3. The zero-order valence-electron chi connectivity index (χ0n) is 14.3. The quantitative estimate of drug-likeness (QED) is 0.869. The summed E-state index contributed by atoms with van der Waals surface area (Å²) in [5, 5.41) is 2.75. The SMILES string of the molecule is COc1ccc(OCC(=O)Nc2cc(N3CCCCC3)ncn2)cc1. The van der Waals surface area contributed by atoms with E-state index in [2.05, 4.69) is 20.2 Å². The second-order valence-electron chi connectivity index (χ2n) is 5.82. The highest BCUT2D eigenvalue weighted by molar-refractivity contribution is 5.91. The highest BCUT2D eigenvalue weighted by atomic mass is 16.5. The highest BCUT2D eigenvalue weighted by Gasteiger charge is 2.13. The molecule has 1 saturated heterocycles. The van der Waals surface area contributed by atoms with E-state index in [1.54, 1.807) is 37.4 Å². The Morgan fingerprint density at radius 1 is 1.12 bits per heavy atom. The van der Waals surface area contributed by atoms with Gasteiger partial charge in [0, 0.05) is 19.2 Å². The molecule has 2 heterocycles. The summed E-state index contributed by atoms with van der Waals surface area (Å²) < 4.78 is 10.5. The topological polar surface area (TPSA) is 76.6 Å². The molecule has 1 aliphatic heterocycles. The largest absolute Gasteiger partial charge is 0.497 e. The molecule has 1 amide bonds. The monoisotopic (exact) mass is 342 g/mol. The van der Waals surface area contributed by atoms with Gasteiger partial charge in [0.15, 0.2) is 6.61 Å². The molecule has 0 radical (unpaired) electrons. The van der Waals surface area contributed by atoms with Crippen molar-refractivity contribution in [3.8, 4) is 11.5 Å². The number of amides is 1. The number of benzene rings is 1. The minimum atomic E-state index is -0.265. The van der Waals surface area contributed by atoms with Gasteiger partial charge in [-0.1, -0.05) is 0 Å². The third kappa shape index (κ3) is 4.82. The summed E-state index contributed by atoms with van der Waals surface area (Å²) in [7, 11) is 1.60. The molecule has 0 atom stereocenters. The summed E-state index contributed by atoms with van der Waals surface area (Å²) in [4.78, 5) is 22.7. The molecule has 7 nitrogen and oxygen atoms in total. The Balaban J connectivity index is 1.53. The Morgan fingerprint density at radius 2 is 1.84 bits per heavy atom. The van der Waals surface area contributed by atoms with Gasteiger partial charge in [-0.15, -0.1) is 0 Å². The van der Waals surface area contributed by atoms with Gasteiger partial charge in [0.05, 0.1) is 7.11 Å². The summed E-state index contributed by atoms with van der Waals surface area (Å²) in [6, 6.07) is 8.87. The summed E-state index contributed by atoms with van der Waals surface area (Å²) in [5.41, 5.74) is 0. The van der Waals surface area contributed by atoms with E-state index in [0.717, 1.165) is 24.7 Å². The first kappa shape index (κ1) is 17.0. The van der Waals surface area contributed by atoms with Crippen molar-refractivity contribution in [2.45, 2.75) is 19.3 Å². The Labute approximate surface area is 147 Å². The fraction of sp³-hybridized carbons (Fsp3) is 0.389. The van der Waals surface area contributed by atoms with Crippen LogP contribution in [0.4, 0.5) is 11.6 Å². The number of rotatable bonds is 6. The number of carbonyl (C=O) groups excluding carboxylic acids is 1. The second kappa shape index (κ2) is 8.32. The summed E-state index contributed by atoms with van der Waals surface area (Å²) in [5.74, 6) is 2.41. The van der Waals surface area contributed by atoms with E-state index in [1.165, 1.54) is 25.6 Å². The number of carbonyl (C=O) groups is 1. The van der Waals surface area contributed by atoms with Crippen molar-refractivity contribution in [1.29, 1.82) is 0 Å². The van der Waals surface area contributed by atoms with Gasteiger partial charge in [-0.25, -0.2) is 9.97 Å². The first-order valence-electron chi connectivity index (χ1n) is 8.38. The molecule has 7 heteroatoms. The van der Waals surface area contributed by atoms with E-state index < -0.39 is 0 Å². The zero-order chi connectivity index (χ0) is 17.5. The van der Waals surface area contributed by atoms with Gasteiger partial charge >= 0.3 is 0 Å². The number of nitrogens with zero attached hydrogens (tertiary/aromatic N) is 3. The Hall–Kier alpha value is -2.83. The lowest BCUT2D eigenvalue weighted by Crippen LogP contribution is -2.30. The molecule has 1 fully saturated rings. The van der Waals surface area contributed by atoms with Crippen molar-refractivity contribution >= 4 is 17.5 Å². The van der Waals surface area contributed by atoms with Gasteiger partial charge < -0.3 is 19.7 Å². The van der Waals surface area contributed by atoms with Gasteiger partial charge in [-0.05, 0) is 43.5 Å². The molecule has 1 aromatic heterocycles. The molecule has 3 rings (SSSR count). The zero-order valence-corrected chi connectivity index (χ0v) is 14.3. The van der Waals surface area contributed by atoms with Crippen LogP contribution >= 0.6 is 0 Å². The number of nitrogens with one attached hydrogen (secondary N) is 1. The lowest BCUT2D eigenvalue weighted by molar-refractivity contribution is -0.118. The van der Waals surface area contributed by atoms with Crippen molar-refractivity contribution < 1.29 is 14.3 Å². The maximum absolute atomic E-state index is 12.1. The van der Waals surface area contributed by atoms with Crippen LogP contribution in [0.2, 0.25) is 0 Å². The lowest BCUT2D eigenvalue weighted by Gasteiger charge is -2.27. The van der Waals surface area contributed by atoms with Gasteiger partial charge in [-0.3, -0.25) is 4.79 Å². The number of anilines is 2. The number of hydrogen-bond donors (Lipinski definition) is 1. The molecule has 132 valence electrons. The Morgan fingerprint density at radius 3 is 2.56 bits per heavy atom. The van der Waals surface area contributed by atoms with Crippen molar-refractivity contribution in [1.82, 2.24) is 9.97 Å². The van der Waals surface area contributed by atoms with Gasteiger partial charge in [0.2, 0.25) is 0 Å². The van der Waals surface area contributed by atoms with E-state index in [1.807, 2.05) is 0 Å². The molecule has 0 spiro atoms. The van der Waals surface area contributed by atoms with Crippen LogP contribution in [-0.4, -0.2) is 42.7 Å². The standard InChI is InChI=1S/C18H22N4O3/c1-24-14-5-7-15(8-6-14)25-12-18(23)21-16-11-17(20-13-19-16)22-9-3-2-4-10-22/h5-8,11,13H,2-4,9-10,12H2,1H3,(H,19,20,21,23). The van der Waals surface area contributed by atoms with Crippen molar-refractivity contribution in [3.05, 3.63) is 36.7 Å². The number of aromatic nitrogens is 2. The van der Waals surface area contributed by atoms with E-state index in [0.29, 0.717) is 11.6 Å². The van der Waals surface area contributed by atoms with E-state index >= 15 is 0 Å². The maximum Gasteiger partial charge on any atom is 0.263 e. The third-order valence-corrected chi connectivity index (χ3v) is 4.03. The van der Waals surface area contributed by atoms with E-state index in [-0.39, 0.29) is 12.5 Å². The molecule has 1 N–H and O–H groups in total. The van der Waals surface area contributed by atoms with Crippen molar-refractivity contribution in [3.63, 3.8) is 0 Å². The van der Waals surface area contributed by atoms with Crippen LogP contribution < -0.4 is 19.7 Å². The molecular weight excluding hydrogens is 320 g/mol. The fourth-order valence-electron chi connectivity index (χ4n) is 2.71. The average Bonchev–Trinajstić information content (AvgIpc) is 2.68. The summed E-state index contributed by atoms with van der Waals surface area (Å²) in [6.07, 6.45) is 5.07. The van der Waals surface area contributed by atoms with Crippen molar-refractivity contribution in [2.24, 2.45) is 0 Å². The van der Waals surface area contributed by atoms with Crippen LogP contribution in [0.5, 0.6) is 11.5 Å². The van der Waals surface area contributed by atoms with E-state index in [4.69, 9.17) is 9.47 Å². The number of piperidine rings is 1. The van der Waals surface area contributed by atoms with Gasteiger partial charge in [0.25, 0.3) is 5.91 Å². The van der Waals surface area contributed by atoms with Crippen LogP contribution in [0, 0.1) is 0 Å². The average molecular weight is 342 g/mol. The smallest absolute Gasteiger partial charge is 0.263 e. The molecule has 0 saturated carbocycles. The first-order chi connectivity index (χ1) is 12.2. The van der Waals surface area contributed by atoms with E-state index in [9.17, 15) is 4.79 Å². The molecule has 0 unspecified atom stereocenters. The third-order valence-electron chi connectivity index (χ3n) is 4.03. The minimum absolute atomic E-state index is 0.0879. The number of hydrogen-bond acceptors (Lipinski definition) is 6. The Bertz CT molecular complexity index is 700. The lowest BCUT2D eigenvalue weighted by atomic mass is 10.1. The first-order valence-corrected chi connectivity index (χ1v) is 8.38. The molecule has 2 aromatic rings. The van der Waals surface area contributed by atoms with Crippen LogP contribution in [0.25, 0.3) is 0 Å². The molecule has 0 aliphatic carbocycles. The number of ether oxygens (including phenoxy) is 2.